The third kappa shape index (κ3) is 4.48. The highest BCUT2D eigenvalue weighted by Gasteiger charge is 2.32. The Hall–Kier alpha value is -3.80. The van der Waals surface area contributed by atoms with Gasteiger partial charge < -0.3 is 15.3 Å². The van der Waals surface area contributed by atoms with Crippen molar-refractivity contribution in [1.82, 2.24) is 14.9 Å². The molecule has 12 heteroatoms. The number of aliphatic hydroxyl groups is 1. The molecule has 1 aliphatic heterocycles. The molecule has 0 radical (unpaired) electrons. The fourth-order valence-electron chi connectivity index (χ4n) is 3.77. The molecule has 0 bridgehead atoms. The van der Waals surface area contributed by atoms with Crippen molar-refractivity contribution in [2.24, 2.45) is 0 Å². The van der Waals surface area contributed by atoms with Crippen LogP contribution < -0.4 is 15.6 Å². The van der Waals surface area contributed by atoms with Crippen molar-refractivity contribution in [3.8, 4) is 5.69 Å². The number of Topliss-reactive ketones (excluding diaryl/α,β-unsaturated/α-hetero) is 1. The molecule has 8 nitrogen and oxygen atoms in total. The number of nitrogens with zero attached hydrogens (tertiary/aromatic N) is 3. The maximum Gasteiger partial charge on any atom is 0.257 e. The van der Waals surface area contributed by atoms with Crippen LogP contribution in [0.5, 0.6) is 0 Å². The number of pyridine rings is 2. The zero-order valence-electron chi connectivity index (χ0n) is 18.8. The number of fused-ring (bicyclic) bond motifs is 1. The zero-order valence-corrected chi connectivity index (χ0v) is 18.8. The van der Waals surface area contributed by atoms with Crippen LogP contribution in [0.3, 0.4) is 0 Å². The van der Waals surface area contributed by atoms with E-state index in [-0.39, 0.29) is 13.1 Å². The second-order valence-electron chi connectivity index (χ2n) is 9.19. The summed E-state index contributed by atoms with van der Waals surface area (Å²) in [7, 11) is 0. The number of hydrogen-bond acceptors (Lipinski definition) is 6. The highest BCUT2D eigenvalue weighted by molar-refractivity contribution is 5.98. The monoisotopic (exact) mass is 492 g/mol. The number of β-amino-alcohol motifs (C(OH)–C–C–N with tert-alkyl or cyclic N) is 1. The third-order valence-corrected chi connectivity index (χ3v) is 5.28. The molecule has 1 saturated heterocycles. The highest BCUT2D eigenvalue weighted by Crippen LogP contribution is 2.28. The number of amides is 1. The van der Waals surface area contributed by atoms with Crippen molar-refractivity contribution in [2.45, 2.75) is 32.4 Å². The Bertz CT molecular complexity index is 1430. The summed E-state index contributed by atoms with van der Waals surface area (Å²) in [4.78, 5) is 42.8. The Morgan fingerprint density at radius 1 is 1.09 bits per heavy atom. The standard InChI is InChI=1S/C23H20F4N4O4/c1-23(2,3)29-22(35)12-7-31(18-13(25)4-10(24)5-14(18)26)20-11(19(12)34)6-15(27)21(28-20)30-8-16(32)17(33)9-30/h4-7,16,32H,8-9H2,1-3H3,(H,29,35)/t16-/m0/s1. The first kappa shape index (κ1) is 24.3. The number of ketones is 1. The van der Waals surface area contributed by atoms with Crippen molar-refractivity contribution in [2.75, 3.05) is 18.0 Å². The number of anilines is 1. The average molecular weight is 492 g/mol. The minimum atomic E-state index is -1.38. The lowest BCUT2D eigenvalue weighted by atomic mass is 10.1. The van der Waals surface area contributed by atoms with Crippen LogP contribution in [0.1, 0.15) is 31.1 Å². The number of aliphatic hydroxyl groups excluding tert-OH is 1. The molecule has 1 atom stereocenters. The van der Waals surface area contributed by atoms with E-state index in [9.17, 15) is 32.7 Å². The van der Waals surface area contributed by atoms with E-state index in [0.29, 0.717) is 12.1 Å². The minimum absolute atomic E-state index is 0.288. The molecular weight excluding hydrogens is 472 g/mol. The van der Waals surface area contributed by atoms with Crippen molar-refractivity contribution >= 4 is 28.5 Å². The van der Waals surface area contributed by atoms with Crippen LogP contribution in [-0.2, 0) is 4.79 Å². The number of benzene rings is 1. The molecule has 3 aromatic rings. The normalized spacial score (nSPS) is 16.3. The minimum Gasteiger partial charge on any atom is -0.383 e. The lowest BCUT2D eigenvalue weighted by Gasteiger charge is -2.22. The van der Waals surface area contributed by atoms with E-state index in [1.54, 1.807) is 20.8 Å². The maximum atomic E-state index is 15.0. The van der Waals surface area contributed by atoms with E-state index in [1.807, 2.05) is 0 Å². The summed E-state index contributed by atoms with van der Waals surface area (Å²) in [6.07, 6.45) is -0.548. The molecule has 1 fully saturated rings. The van der Waals surface area contributed by atoms with Gasteiger partial charge in [0.2, 0.25) is 5.43 Å². The first-order valence-corrected chi connectivity index (χ1v) is 10.5. The molecular formula is C23H20F4N4O4. The molecule has 35 heavy (non-hydrogen) atoms. The summed E-state index contributed by atoms with van der Waals surface area (Å²) in [6.45, 7) is 4.26. The van der Waals surface area contributed by atoms with Gasteiger partial charge in [-0.25, -0.2) is 22.5 Å². The van der Waals surface area contributed by atoms with Crippen LogP contribution in [0.15, 0.2) is 29.2 Å². The van der Waals surface area contributed by atoms with E-state index in [4.69, 9.17) is 0 Å². The number of aromatic nitrogens is 2. The molecule has 3 heterocycles. The molecule has 1 aromatic carbocycles. The first-order valence-electron chi connectivity index (χ1n) is 10.5. The largest absolute Gasteiger partial charge is 0.383 e. The summed E-state index contributed by atoms with van der Waals surface area (Å²) in [5, 5.41) is 11.8. The number of carbonyl (C=O) groups is 2. The molecule has 0 unspecified atom stereocenters. The molecule has 0 saturated carbocycles. The van der Waals surface area contributed by atoms with Crippen LogP contribution in [0.2, 0.25) is 0 Å². The second-order valence-corrected chi connectivity index (χ2v) is 9.19. The van der Waals surface area contributed by atoms with Crippen LogP contribution in [0.4, 0.5) is 23.4 Å². The Labute approximate surface area is 195 Å². The van der Waals surface area contributed by atoms with Gasteiger partial charge in [-0.05, 0) is 26.8 Å². The van der Waals surface area contributed by atoms with Gasteiger partial charge in [-0.2, -0.15) is 0 Å². The Balaban J connectivity index is 2.05. The van der Waals surface area contributed by atoms with Gasteiger partial charge in [0.15, 0.2) is 34.7 Å². The van der Waals surface area contributed by atoms with Crippen LogP contribution in [0.25, 0.3) is 16.7 Å². The van der Waals surface area contributed by atoms with Gasteiger partial charge in [-0.3, -0.25) is 19.0 Å². The highest BCUT2D eigenvalue weighted by atomic mass is 19.1. The SMILES string of the molecule is CC(C)(C)NC(=O)c1cn(-c2c(F)cc(F)cc2F)c2nc(N3CC(=O)[C@@H](O)C3)c(F)cc2c1=O. The smallest absolute Gasteiger partial charge is 0.257 e. The van der Waals surface area contributed by atoms with E-state index in [0.717, 1.165) is 21.7 Å². The van der Waals surface area contributed by atoms with Crippen molar-refractivity contribution in [1.29, 1.82) is 0 Å². The summed E-state index contributed by atoms with van der Waals surface area (Å²) < 4.78 is 58.8. The number of rotatable bonds is 3. The van der Waals surface area contributed by atoms with Crippen LogP contribution in [-0.4, -0.2) is 51.1 Å². The Morgan fingerprint density at radius 3 is 2.26 bits per heavy atom. The Kier molecular flexibility index (Phi) is 5.87. The van der Waals surface area contributed by atoms with E-state index in [2.05, 4.69) is 10.3 Å². The summed E-state index contributed by atoms with van der Waals surface area (Å²) in [5.41, 5.74) is -3.61. The topological polar surface area (TPSA) is 105 Å². The molecule has 4 rings (SSSR count). The molecule has 2 aromatic heterocycles. The third-order valence-electron chi connectivity index (χ3n) is 5.28. The summed E-state index contributed by atoms with van der Waals surface area (Å²) >= 11 is 0. The first-order chi connectivity index (χ1) is 16.3. The molecule has 184 valence electrons. The zero-order chi connectivity index (χ0) is 25.8. The van der Waals surface area contributed by atoms with Crippen molar-refractivity contribution in [3.05, 3.63) is 63.5 Å². The Morgan fingerprint density at radius 2 is 1.71 bits per heavy atom. The van der Waals surface area contributed by atoms with E-state index in [1.165, 1.54) is 0 Å². The number of nitrogens with one attached hydrogen (secondary N) is 1. The van der Waals surface area contributed by atoms with E-state index < -0.39 is 80.1 Å². The molecule has 1 aliphatic rings. The summed E-state index contributed by atoms with van der Waals surface area (Å²) in [5.74, 6) is -6.93. The predicted molar refractivity (Wildman–Crippen MR) is 118 cm³/mol. The van der Waals surface area contributed by atoms with Gasteiger partial charge in [-0.15, -0.1) is 0 Å². The lowest BCUT2D eigenvalue weighted by Crippen LogP contribution is -2.42. The van der Waals surface area contributed by atoms with Crippen LogP contribution >= 0.6 is 0 Å². The number of carbonyl (C=O) groups excluding carboxylic acids is 2. The summed E-state index contributed by atoms with van der Waals surface area (Å²) in [6, 6.07) is 1.53. The fraction of sp³-hybridized carbons (Fsp3) is 0.304. The molecule has 2 N–H and O–H groups in total. The molecule has 1 amide bonds. The van der Waals surface area contributed by atoms with Gasteiger partial charge in [0.1, 0.15) is 23.2 Å². The number of hydrogen-bond donors (Lipinski definition) is 2. The molecule has 0 aliphatic carbocycles. The van der Waals surface area contributed by atoms with Crippen molar-refractivity contribution in [3.63, 3.8) is 0 Å². The average Bonchev–Trinajstić information content (AvgIpc) is 3.05. The quantitative estimate of drug-likeness (QED) is 0.544. The van der Waals surface area contributed by atoms with Gasteiger partial charge in [0.05, 0.1) is 18.5 Å². The lowest BCUT2D eigenvalue weighted by molar-refractivity contribution is -0.122. The fourth-order valence-corrected chi connectivity index (χ4v) is 3.77. The molecule has 0 spiro atoms. The van der Waals surface area contributed by atoms with E-state index >= 15 is 4.39 Å². The maximum absolute atomic E-state index is 15.0. The van der Waals surface area contributed by atoms with Gasteiger partial charge in [0, 0.05) is 23.9 Å². The van der Waals surface area contributed by atoms with Crippen LogP contribution in [0, 0.1) is 23.3 Å². The van der Waals surface area contributed by atoms with Gasteiger partial charge in [-0.1, -0.05) is 0 Å². The van der Waals surface area contributed by atoms with Gasteiger partial charge in [0.25, 0.3) is 5.91 Å². The number of halogens is 4. The van der Waals surface area contributed by atoms with Crippen molar-refractivity contribution < 1.29 is 32.3 Å². The van der Waals surface area contributed by atoms with Gasteiger partial charge >= 0.3 is 0 Å². The second kappa shape index (κ2) is 8.45. The predicted octanol–water partition coefficient (Wildman–Crippen LogP) is 2.22.